The molecule has 0 aliphatic heterocycles. The molecule has 0 amide bonds. The molecule has 3 N–H and O–H groups in total. The molecule has 4 rings (SSSR count). The van der Waals surface area contributed by atoms with Gasteiger partial charge in [-0.05, 0) is 23.4 Å². The summed E-state index contributed by atoms with van der Waals surface area (Å²) >= 11 is 0. The number of nitrogens with one attached hydrogen (secondary N) is 1. The Morgan fingerprint density at radius 2 is 2.00 bits per heavy atom. The lowest BCUT2D eigenvalue weighted by molar-refractivity contribution is 0.687. The van der Waals surface area contributed by atoms with E-state index >= 15 is 0 Å². The Morgan fingerprint density at radius 1 is 1.12 bits per heavy atom. The van der Waals surface area contributed by atoms with Crippen LogP contribution in [0, 0.1) is 5.92 Å². The molecule has 6 nitrogen and oxygen atoms in total. The molecule has 4 aromatic rings. The Labute approximate surface area is 145 Å². The molecule has 0 saturated heterocycles. The first-order valence-corrected chi connectivity index (χ1v) is 8.34. The van der Waals surface area contributed by atoms with Gasteiger partial charge in [-0.3, -0.25) is 4.40 Å². The van der Waals surface area contributed by atoms with Crippen LogP contribution in [0.15, 0.2) is 49.1 Å². The van der Waals surface area contributed by atoms with Gasteiger partial charge < -0.3 is 11.1 Å². The van der Waals surface area contributed by atoms with Gasteiger partial charge in [0, 0.05) is 36.1 Å². The molecule has 0 atom stereocenters. The lowest BCUT2D eigenvalue weighted by Gasteiger charge is -2.10. The lowest BCUT2D eigenvalue weighted by Crippen LogP contribution is -2.10. The highest BCUT2D eigenvalue weighted by molar-refractivity contribution is 5.93. The van der Waals surface area contributed by atoms with Crippen LogP contribution in [-0.2, 0) is 0 Å². The minimum atomic E-state index is 0.538. The molecule has 0 fully saturated rings. The van der Waals surface area contributed by atoms with E-state index in [1.165, 1.54) is 0 Å². The molecule has 126 valence electrons. The highest BCUT2D eigenvalue weighted by atomic mass is 15.1. The summed E-state index contributed by atoms with van der Waals surface area (Å²) in [6.45, 7) is 5.19. The topological polar surface area (TPSA) is 81.1 Å². The number of rotatable bonds is 4. The zero-order chi connectivity index (χ0) is 17.4. The molecule has 0 aliphatic carbocycles. The molecule has 3 heterocycles. The van der Waals surface area contributed by atoms with E-state index in [0.717, 1.165) is 40.0 Å². The van der Waals surface area contributed by atoms with Crippen molar-refractivity contribution in [1.29, 1.82) is 0 Å². The van der Waals surface area contributed by atoms with Gasteiger partial charge in [0.05, 0.1) is 11.9 Å². The van der Waals surface area contributed by atoms with Crippen molar-refractivity contribution in [2.24, 2.45) is 5.92 Å². The number of aromatic nitrogens is 4. The number of anilines is 2. The highest BCUT2D eigenvalue weighted by Crippen LogP contribution is 2.28. The zero-order valence-corrected chi connectivity index (χ0v) is 14.3. The second-order valence-electron chi connectivity index (χ2n) is 6.52. The van der Waals surface area contributed by atoms with Gasteiger partial charge in [-0.1, -0.05) is 26.0 Å². The maximum Gasteiger partial charge on any atom is 0.180 e. The second kappa shape index (κ2) is 6.05. The first-order valence-electron chi connectivity index (χ1n) is 8.34. The quantitative estimate of drug-likeness (QED) is 0.597. The van der Waals surface area contributed by atoms with Crippen LogP contribution in [0.3, 0.4) is 0 Å². The molecule has 0 bridgehead atoms. The van der Waals surface area contributed by atoms with E-state index in [1.54, 1.807) is 12.4 Å². The molecule has 0 unspecified atom stereocenters. The average molecular weight is 332 g/mol. The smallest absolute Gasteiger partial charge is 0.180 e. The third-order valence-electron chi connectivity index (χ3n) is 4.20. The van der Waals surface area contributed by atoms with Crippen LogP contribution in [0.2, 0.25) is 0 Å². The number of imidazole rings is 1. The van der Waals surface area contributed by atoms with Crippen LogP contribution in [-0.4, -0.2) is 25.9 Å². The van der Waals surface area contributed by atoms with Gasteiger partial charge in [0.25, 0.3) is 0 Å². The van der Waals surface area contributed by atoms with Crippen molar-refractivity contribution in [1.82, 2.24) is 19.4 Å². The minimum absolute atomic E-state index is 0.538. The number of hydrogen-bond donors (Lipinski definition) is 2. The largest absolute Gasteiger partial charge is 0.383 e. The summed E-state index contributed by atoms with van der Waals surface area (Å²) in [6.07, 6.45) is 7.34. The highest BCUT2D eigenvalue weighted by Gasteiger charge is 2.11. The Morgan fingerprint density at radius 3 is 2.84 bits per heavy atom. The third kappa shape index (κ3) is 2.76. The number of hydrogen-bond acceptors (Lipinski definition) is 5. The van der Waals surface area contributed by atoms with Crippen molar-refractivity contribution in [3.8, 4) is 11.3 Å². The summed E-state index contributed by atoms with van der Waals surface area (Å²) < 4.78 is 2.06. The van der Waals surface area contributed by atoms with E-state index in [-0.39, 0.29) is 0 Å². The molecule has 25 heavy (non-hydrogen) atoms. The zero-order valence-electron chi connectivity index (χ0n) is 14.3. The van der Waals surface area contributed by atoms with E-state index < -0.39 is 0 Å². The van der Waals surface area contributed by atoms with Crippen LogP contribution < -0.4 is 11.1 Å². The maximum atomic E-state index is 5.95. The standard InChI is InChI=1S/C19H20N6/c1-12(2)10-23-18-19-24-11-16(25(19)8-7-22-18)14-3-4-15-13(9-14)5-6-21-17(15)20/h3-9,11-12H,10H2,1-2H3,(H2,20,21)(H,22,23). The number of pyridine rings is 1. The van der Waals surface area contributed by atoms with E-state index in [1.807, 2.05) is 30.6 Å². The number of nitrogens with two attached hydrogens (primary N) is 1. The monoisotopic (exact) mass is 332 g/mol. The maximum absolute atomic E-state index is 5.95. The number of nitrogen functional groups attached to an aromatic ring is 1. The molecule has 0 aliphatic rings. The number of benzene rings is 1. The predicted octanol–water partition coefficient (Wildman–Crippen LogP) is 3.59. The number of nitrogens with zero attached hydrogens (tertiary/aromatic N) is 4. The number of fused-ring (bicyclic) bond motifs is 2. The normalized spacial score (nSPS) is 11.5. The Hall–Kier alpha value is -3.15. The molecule has 0 saturated carbocycles. The van der Waals surface area contributed by atoms with Crippen LogP contribution in [0.5, 0.6) is 0 Å². The van der Waals surface area contributed by atoms with Crippen molar-refractivity contribution < 1.29 is 0 Å². The predicted molar refractivity (Wildman–Crippen MR) is 101 cm³/mol. The van der Waals surface area contributed by atoms with Crippen molar-refractivity contribution in [2.75, 3.05) is 17.6 Å². The molecule has 6 heteroatoms. The van der Waals surface area contributed by atoms with E-state index in [2.05, 4.69) is 44.6 Å². The van der Waals surface area contributed by atoms with Gasteiger partial charge in [0.2, 0.25) is 0 Å². The fraction of sp³-hybridized carbons (Fsp3) is 0.211. The second-order valence-corrected chi connectivity index (χ2v) is 6.52. The summed E-state index contributed by atoms with van der Waals surface area (Å²) in [5, 5.41) is 5.39. The van der Waals surface area contributed by atoms with Gasteiger partial charge in [0.1, 0.15) is 5.82 Å². The molecular formula is C19H20N6. The van der Waals surface area contributed by atoms with Crippen LogP contribution >= 0.6 is 0 Å². The third-order valence-corrected chi connectivity index (χ3v) is 4.20. The summed E-state index contributed by atoms with van der Waals surface area (Å²) in [5.74, 6) is 1.89. The Kier molecular flexibility index (Phi) is 3.72. The van der Waals surface area contributed by atoms with E-state index in [4.69, 9.17) is 5.73 Å². The Bertz CT molecular complexity index is 1050. The van der Waals surface area contributed by atoms with Crippen molar-refractivity contribution in [3.63, 3.8) is 0 Å². The van der Waals surface area contributed by atoms with Gasteiger partial charge in [-0.25, -0.2) is 15.0 Å². The molecule has 0 spiro atoms. The molecule has 3 aromatic heterocycles. The van der Waals surface area contributed by atoms with Crippen molar-refractivity contribution in [3.05, 3.63) is 49.1 Å². The van der Waals surface area contributed by atoms with Gasteiger partial charge >= 0.3 is 0 Å². The van der Waals surface area contributed by atoms with Gasteiger partial charge in [0.15, 0.2) is 11.5 Å². The summed E-state index contributed by atoms with van der Waals surface area (Å²) in [4.78, 5) is 13.1. The van der Waals surface area contributed by atoms with Crippen molar-refractivity contribution >= 4 is 28.1 Å². The van der Waals surface area contributed by atoms with Gasteiger partial charge in [-0.2, -0.15) is 0 Å². The molecular weight excluding hydrogens is 312 g/mol. The fourth-order valence-corrected chi connectivity index (χ4v) is 2.92. The fourth-order valence-electron chi connectivity index (χ4n) is 2.92. The first kappa shape index (κ1) is 15.4. The Balaban J connectivity index is 1.81. The van der Waals surface area contributed by atoms with E-state index in [0.29, 0.717) is 11.7 Å². The summed E-state index contributed by atoms with van der Waals surface area (Å²) in [5.41, 5.74) is 8.87. The SMILES string of the molecule is CC(C)CNc1nccn2c(-c3ccc4c(N)nccc4c3)cnc12. The van der Waals surface area contributed by atoms with Crippen LogP contribution in [0.4, 0.5) is 11.6 Å². The molecule has 0 radical (unpaired) electrons. The van der Waals surface area contributed by atoms with Crippen LogP contribution in [0.1, 0.15) is 13.8 Å². The van der Waals surface area contributed by atoms with Crippen LogP contribution in [0.25, 0.3) is 27.7 Å². The van der Waals surface area contributed by atoms with E-state index in [9.17, 15) is 0 Å². The minimum Gasteiger partial charge on any atom is -0.383 e. The summed E-state index contributed by atoms with van der Waals surface area (Å²) in [7, 11) is 0. The van der Waals surface area contributed by atoms with Crippen molar-refractivity contribution in [2.45, 2.75) is 13.8 Å². The molecule has 1 aromatic carbocycles. The van der Waals surface area contributed by atoms with Gasteiger partial charge in [-0.15, -0.1) is 0 Å². The average Bonchev–Trinajstić information content (AvgIpc) is 3.04. The lowest BCUT2D eigenvalue weighted by atomic mass is 10.1. The summed E-state index contributed by atoms with van der Waals surface area (Å²) in [6, 6.07) is 8.13. The first-order chi connectivity index (χ1) is 12.1.